The van der Waals surface area contributed by atoms with Gasteiger partial charge in [0, 0.05) is 18.6 Å². The van der Waals surface area contributed by atoms with Crippen molar-refractivity contribution in [2.75, 3.05) is 25.3 Å². The predicted octanol–water partition coefficient (Wildman–Crippen LogP) is 1.68. The van der Waals surface area contributed by atoms with Gasteiger partial charge in [0.25, 0.3) is 5.69 Å². The molecule has 2 heterocycles. The van der Waals surface area contributed by atoms with Gasteiger partial charge in [-0.05, 0) is 19.4 Å². The monoisotopic (exact) mass is 253 g/mol. The molecule has 1 aliphatic heterocycles. The van der Waals surface area contributed by atoms with Gasteiger partial charge in [-0.3, -0.25) is 15.0 Å². The summed E-state index contributed by atoms with van der Waals surface area (Å²) in [4.78, 5) is 19.5. The third kappa shape index (κ3) is 3.14. The minimum Gasteiger partial charge on any atom is -0.381 e. The fraction of sp³-hybridized carbons (Fsp3) is 0.545. The Hall–Kier alpha value is -1.73. The van der Waals surface area contributed by atoms with Crippen LogP contribution in [0.2, 0.25) is 0 Å². The van der Waals surface area contributed by atoms with Crippen LogP contribution in [0.15, 0.2) is 12.1 Å². The van der Waals surface area contributed by atoms with Gasteiger partial charge in [0.05, 0.1) is 18.1 Å². The Kier molecular flexibility index (Phi) is 4.06. The summed E-state index contributed by atoms with van der Waals surface area (Å²) in [5.41, 5.74) is 3.05. The summed E-state index contributed by atoms with van der Waals surface area (Å²) in [6.07, 6.45) is 0.994. The van der Waals surface area contributed by atoms with Crippen molar-refractivity contribution in [1.29, 1.82) is 0 Å². The maximum Gasteiger partial charge on any atom is 0.290 e. The van der Waals surface area contributed by atoms with E-state index < -0.39 is 4.92 Å². The van der Waals surface area contributed by atoms with E-state index >= 15 is 0 Å². The van der Waals surface area contributed by atoms with Gasteiger partial charge < -0.3 is 4.74 Å². The molecule has 0 aromatic carbocycles. The summed E-state index contributed by atoms with van der Waals surface area (Å²) in [5.74, 6) is 0.869. The van der Waals surface area contributed by atoms with E-state index in [0.717, 1.165) is 13.0 Å². The Morgan fingerprint density at radius 3 is 3.11 bits per heavy atom. The number of hydrogen-bond donors (Lipinski definition) is 1. The molecule has 18 heavy (non-hydrogen) atoms. The quantitative estimate of drug-likeness (QED) is 0.634. The number of ether oxygens (including phenoxy) is 1. The normalized spacial score (nSPS) is 18.8. The molecule has 1 saturated heterocycles. The maximum atomic E-state index is 10.6. The first kappa shape index (κ1) is 12.7. The highest BCUT2D eigenvalue weighted by Crippen LogP contribution is 2.18. The largest absolute Gasteiger partial charge is 0.381 e. The zero-order chi connectivity index (χ0) is 13.0. The standard InChI is InChI=1S/C11H15N3O4/c1-8-10(14(15)16)2-3-11(12-8)13-18-7-9-4-5-17-6-9/h2-3,9H,4-7H2,1H3,(H,12,13). The Morgan fingerprint density at radius 2 is 2.50 bits per heavy atom. The van der Waals surface area contributed by atoms with Crippen molar-refractivity contribution in [2.24, 2.45) is 5.92 Å². The number of pyridine rings is 1. The fourth-order valence-corrected chi connectivity index (χ4v) is 1.75. The average Bonchev–Trinajstić information content (AvgIpc) is 2.81. The lowest BCUT2D eigenvalue weighted by Gasteiger charge is -2.10. The molecule has 1 aromatic rings. The van der Waals surface area contributed by atoms with Gasteiger partial charge in [-0.25, -0.2) is 10.5 Å². The van der Waals surface area contributed by atoms with Crippen LogP contribution >= 0.6 is 0 Å². The second-order valence-corrected chi connectivity index (χ2v) is 4.20. The van der Waals surface area contributed by atoms with E-state index in [2.05, 4.69) is 10.5 Å². The highest BCUT2D eigenvalue weighted by molar-refractivity contribution is 5.43. The van der Waals surface area contributed by atoms with Gasteiger partial charge in [-0.1, -0.05) is 0 Å². The molecule has 1 aromatic heterocycles. The zero-order valence-electron chi connectivity index (χ0n) is 10.1. The maximum absolute atomic E-state index is 10.6. The molecule has 98 valence electrons. The molecule has 0 amide bonds. The lowest BCUT2D eigenvalue weighted by atomic mass is 10.1. The third-order valence-corrected chi connectivity index (χ3v) is 2.77. The summed E-state index contributed by atoms with van der Waals surface area (Å²) in [6, 6.07) is 2.93. The summed E-state index contributed by atoms with van der Waals surface area (Å²) in [6.45, 7) is 3.63. The Labute approximate surface area is 104 Å². The van der Waals surface area contributed by atoms with E-state index in [1.807, 2.05) is 0 Å². The number of aromatic nitrogens is 1. The van der Waals surface area contributed by atoms with Gasteiger partial charge in [0.15, 0.2) is 0 Å². The second-order valence-electron chi connectivity index (χ2n) is 4.20. The summed E-state index contributed by atoms with van der Waals surface area (Å²) in [5, 5.41) is 10.6. The average molecular weight is 253 g/mol. The van der Waals surface area contributed by atoms with Crippen LogP contribution in [0.4, 0.5) is 11.5 Å². The Bertz CT molecular complexity index is 432. The van der Waals surface area contributed by atoms with Crippen molar-refractivity contribution in [3.8, 4) is 0 Å². The molecule has 2 rings (SSSR count). The van der Waals surface area contributed by atoms with Gasteiger partial charge in [-0.15, -0.1) is 0 Å². The first-order chi connectivity index (χ1) is 8.66. The fourth-order valence-electron chi connectivity index (χ4n) is 1.75. The number of nitro groups is 1. The molecule has 0 spiro atoms. The van der Waals surface area contributed by atoms with E-state index in [1.54, 1.807) is 6.92 Å². The van der Waals surface area contributed by atoms with Gasteiger partial charge in [-0.2, -0.15) is 0 Å². The van der Waals surface area contributed by atoms with E-state index in [9.17, 15) is 10.1 Å². The van der Waals surface area contributed by atoms with E-state index in [0.29, 0.717) is 30.6 Å². The molecule has 1 fully saturated rings. The molecule has 0 radical (unpaired) electrons. The molecule has 1 unspecified atom stereocenters. The van der Waals surface area contributed by atoms with Crippen molar-refractivity contribution < 1.29 is 14.5 Å². The Morgan fingerprint density at radius 1 is 1.67 bits per heavy atom. The first-order valence-electron chi connectivity index (χ1n) is 5.74. The number of aryl methyl sites for hydroxylation is 1. The van der Waals surface area contributed by atoms with Gasteiger partial charge >= 0.3 is 0 Å². The molecular weight excluding hydrogens is 238 g/mol. The Balaban J connectivity index is 1.85. The van der Waals surface area contributed by atoms with Gasteiger partial charge in [0.2, 0.25) is 0 Å². The lowest BCUT2D eigenvalue weighted by Crippen LogP contribution is -2.13. The number of rotatable bonds is 5. The van der Waals surface area contributed by atoms with Crippen LogP contribution in [0.5, 0.6) is 0 Å². The van der Waals surface area contributed by atoms with Crippen molar-refractivity contribution in [2.45, 2.75) is 13.3 Å². The van der Waals surface area contributed by atoms with E-state index in [1.165, 1.54) is 12.1 Å². The topological polar surface area (TPSA) is 86.5 Å². The SMILES string of the molecule is Cc1nc(NOCC2CCOC2)ccc1[N+](=O)[O-]. The molecule has 0 saturated carbocycles. The summed E-state index contributed by atoms with van der Waals surface area (Å²) in [7, 11) is 0. The second kappa shape index (κ2) is 5.74. The summed E-state index contributed by atoms with van der Waals surface area (Å²) >= 11 is 0. The molecule has 1 N–H and O–H groups in total. The minimum atomic E-state index is -0.456. The third-order valence-electron chi connectivity index (χ3n) is 2.77. The molecular formula is C11H15N3O4. The molecule has 0 aliphatic carbocycles. The van der Waals surface area contributed by atoms with Gasteiger partial charge in [0.1, 0.15) is 11.5 Å². The number of nitrogens with one attached hydrogen (secondary N) is 1. The molecule has 1 atom stereocenters. The highest BCUT2D eigenvalue weighted by Gasteiger charge is 2.16. The minimum absolute atomic E-state index is 0.00439. The highest BCUT2D eigenvalue weighted by atomic mass is 16.6. The molecule has 7 nitrogen and oxygen atoms in total. The molecule has 0 bridgehead atoms. The number of anilines is 1. The van der Waals surface area contributed by atoms with Crippen LogP contribution < -0.4 is 5.48 Å². The number of hydrogen-bond acceptors (Lipinski definition) is 6. The van der Waals surface area contributed by atoms with E-state index in [-0.39, 0.29) is 5.69 Å². The number of nitrogens with zero attached hydrogens (tertiary/aromatic N) is 2. The van der Waals surface area contributed by atoms with Crippen molar-refractivity contribution in [3.63, 3.8) is 0 Å². The molecule has 7 heteroatoms. The van der Waals surface area contributed by atoms with Crippen LogP contribution in [0, 0.1) is 23.0 Å². The van der Waals surface area contributed by atoms with Crippen LogP contribution in [0.1, 0.15) is 12.1 Å². The zero-order valence-corrected chi connectivity index (χ0v) is 10.1. The lowest BCUT2D eigenvalue weighted by molar-refractivity contribution is -0.385. The van der Waals surface area contributed by atoms with Crippen LogP contribution in [-0.4, -0.2) is 29.7 Å². The van der Waals surface area contributed by atoms with Crippen LogP contribution in [-0.2, 0) is 9.57 Å². The van der Waals surface area contributed by atoms with Crippen molar-refractivity contribution in [3.05, 3.63) is 27.9 Å². The predicted molar refractivity (Wildman–Crippen MR) is 64.1 cm³/mol. The van der Waals surface area contributed by atoms with E-state index in [4.69, 9.17) is 9.57 Å². The molecule has 1 aliphatic rings. The van der Waals surface area contributed by atoms with Crippen molar-refractivity contribution >= 4 is 11.5 Å². The smallest absolute Gasteiger partial charge is 0.290 e. The van der Waals surface area contributed by atoms with Crippen LogP contribution in [0.3, 0.4) is 0 Å². The first-order valence-corrected chi connectivity index (χ1v) is 5.74. The van der Waals surface area contributed by atoms with Crippen molar-refractivity contribution in [1.82, 2.24) is 4.98 Å². The van der Waals surface area contributed by atoms with Crippen LogP contribution in [0.25, 0.3) is 0 Å². The summed E-state index contributed by atoms with van der Waals surface area (Å²) < 4.78 is 5.22.